The Morgan fingerprint density at radius 3 is 2.27 bits per heavy atom. The van der Waals surface area contributed by atoms with Gasteiger partial charge in [-0.15, -0.1) is 0 Å². The molecule has 1 atom stereocenters. The molecule has 3 fully saturated rings. The van der Waals surface area contributed by atoms with E-state index in [1.165, 1.54) is 12.4 Å². The van der Waals surface area contributed by atoms with Crippen molar-refractivity contribution in [2.24, 2.45) is 0 Å². The SMILES string of the molecule is O=C1CCC(Nc2ccc(N3CCN(CCCS(=O)(=O)N4CCC(Nc5ncc(OC(F)F)cn5)CC4)CC3)cc2)C(=O)N1. The van der Waals surface area contributed by atoms with Gasteiger partial charge in [0.25, 0.3) is 0 Å². The highest BCUT2D eigenvalue weighted by atomic mass is 32.2. The number of anilines is 3. The molecular formula is C28H38F2N8O5S. The zero-order valence-electron chi connectivity index (χ0n) is 24.3. The fourth-order valence-electron chi connectivity index (χ4n) is 5.65. The number of hydrogen-bond donors (Lipinski definition) is 3. The number of benzene rings is 1. The number of imide groups is 1. The predicted molar refractivity (Wildman–Crippen MR) is 160 cm³/mol. The van der Waals surface area contributed by atoms with Gasteiger partial charge in [0.15, 0.2) is 5.75 Å². The number of hydrogen-bond acceptors (Lipinski definition) is 11. The lowest BCUT2D eigenvalue weighted by molar-refractivity contribution is -0.133. The molecule has 44 heavy (non-hydrogen) atoms. The van der Waals surface area contributed by atoms with Gasteiger partial charge < -0.3 is 20.3 Å². The summed E-state index contributed by atoms with van der Waals surface area (Å²) in [4.78, 5) is 35.9. The minimum absolute atomic E-state index is 0.0163. The second-order valence-electron chi connectivity index (χ2n) is 11.1. The van der Waals surface area contributed by atoms with E-state index in [1.807, 2.05) is 24.3 Å². The van der Waals surface area contributed by atoms with Gasteiger partial charge in [-0.2, -0.15) is 8.78 Å². The van der Waals surface area contributed by atoms with Gasteiger partial charge in [-0.25, -0.2) is 22.7 Å². The Morgan fingerprint density at radius 1 is 0.955 bits per heavy atom. The topological polar surface area (TPSA) is 149 Å². The zero-order chi connectivity index (χ0) is 31.1. The standard InChI is InChI=1S/C28H38F2N8O5S/c29-27(30)43-23-18-31-28(32-19-23)34-21-8-11-38(12-9-21)44(41,42)17-1-10-36-13-15-37(16-14-36)22-4-2-20(3-5-22)33-24-6-7-25(39)35-26(24)40/h2-5,18-19,21,24,27,33H,1,6-17H2,(H,31,32,34)(H,35,39,40). The number of piperazine rings is 1. The van der Waals surface area contributed by atoms with E-state index in [0.717, 1.165) is 37.6 Å². The number of alkyl halides is 2. The quantitative estimate of drug-likeness (QED) is 0.293. The Morgan fingerprint density at radius 2 is 1.64 bits per heavy atom. The molecule has 16 heteroatoms. The van der Waals surface area contributed by atoms with Crippen LogP contribution in [0.1, 0.15) is 32.1 Å². The number of amides is 2. The number of rotatable bonds is 12. The van der Waals surface area contributed by atoms with Crippen molar-refractivity contribution in [1.82, 2.24) is 24.5 Å². The van der Waals surface area contributed by atoms with Gasteiger partial charge in [-0.3, -0.25) is 19.8 Å². The number of nitrogens with zero attached hydrogens (tertiary/aromatic N) is 5. The van der Waals surface area contributed by atoms with Crippen molar-refractivity contribution in [3.05, 3.63) is 36.7 Å². The lowest BCUT2D eigenvalue weighted by Crippen LogP contribution is -2.47. The molecule has 2 amide bonds. The van der Waals surface area contributed by atoms with Crippen LogP contribution in [0.4, 0.5) is 26.1 Å². The zero-order valence-corrected chi connectivity index (χ0v) is 25.1. The van der Waals surface area contributed by atoms with E-state index < -0.39 is 22.7 Å². The van der Waals surface area contributed by atoms with Crippen LogP contribution < -0.4 is 25.6 Å². The van der Waals surface area contributed by atoms with Crippen molar-refractivity contribution in [2.45, 2.75) is 50.8 Å². The van der Waals surface area contributed by atoms with Crippen molar-refractivity contribution < 1.29 is 31.5 Å². The van der Waals surface area contributed by atoms with Crippen LogP contribution in [0, 0.1) is 0 Å². The summed E-state index contributed by atoms with van der Waals surface area (Å²) in [6.07, 6.45) is 4.88. The maximum absolute atomic E-state index is 13.0. The first-order chi connectivity index (χ1) is 21.1. The molecule has 0 spiro atoms. The van der Waals surface area contributed by atoms with Gasteiger partial charge in [-0.1, -0.05) is 0 Å². The van der Waals surface area contributed by atoms with Gasteiger partial charge >= 0.3 is 6.61 Å². The number of carbonyl (C=O) groups excluding carboxylic acids is 2. The van der Waals surface area contributed by atoms with Crippen molar-refractivity contribution in [2.75, 3.05) is 67.1 Å². The molecule has 0 radical (unpaired) electrons. The number of ether oxygens (including phenoxy) is 1. The molecule has 3 aliphatic rings. The Balaban J connectivity index is 0.982. The second kappa shape index (κ2) is 14.4. The normalized spacial score (nSPS) is 20.9. The largest absolute Gasteiger partial charge is 0.432 e. The Bertz CT molecular complexity index is 1370. The molecule has 1 aromatic heterocycles. The average Bonchev–Trinajstić information content (AvgIpc) is 3.00. The second-order valence-corrected chi connectivity index (χ2v) is 13.2. The Kier molecular flexibility index (Phi) is 10.4. The molecule has 240 valence electrons. The van der Waals surface area contributed by atoms with Crippen LogP contribution in [0.15, 0.2) is 36.7 Å². The fraction of sp³-hybridized carbons (Fsp3) is 0.571. The van der Waals surface area contributed by atoms with Crippen molar-refractivity contribution in [1.29, 1.82) is 0 Å². The number of carbonyl (C=O) groups is 2. The number of piperidine rings is 2. The highest BCUT2D eigenvalue weighted by Gasteiger charge is 2.29. The average molecular weight is 637 g/mol. The summed E-state index contributed by atoms with van der Waals surface area (Å²) in [6.45, 7) is 1.90. The van der Waals surface area contributed by atoms with E-state index in [4.69, 9.17) is 0 Å². The summed E-state index contributed by atoms with van der Waals surface area (Å²) in [6, 6.07) is 7.48. The molecule has 13 nitrogen and oxygen atoms in total. The highest BCUT2D eigenvalue weighted by Crippen LogP contribution is 2.22. The van der Waals surface area contributed by atoms with E-state index in [1.54, 1.807) is 4.31 Å². The summed E-state index contributed by atoms with van der Waals surface area (Å²) in [7, 11) is -3.37. The smallest absolute Gasteiger partial charge is 0.387 e. The molecule has 0 saturated carbocycles. The van der Waals surface area contributed by atoms with Gasteiger partial charge in [-0.05, 0) is 56.5 Å². The summed E-state index contributed by atoms with van der Waals surface area (Å²) in [5, 5.41) is 8.68. The molecule has 0 aliphatic carbocycles. The molecule has 1 unspecified atom stereocenters. The molecule has 5 rings (SSSR count). The van der Waals surface area contributed by atoms with E-state index in [-0.39, 0.29) is 35.3 Å². The van der Waals surface area contributed by atoms with Crippen LogP contribution >= 0.6 is 0 Å². The molecule has 1 aromatic carbocycles. The third kappa shape index (κ3) is 8.72. The maximum Gasteiger partial charge on any atom is 0.387 e. The fourth-order valence-corrected chi connectivity index (χ4v) is 7.16. The first-order valence-electron chi connectivity index (χ1n) is 14.8. The third-order valence-electron chi connectivity index (χ3n) is 8.10. The molecule has 3 N–H and O–H groups in total. The van der Waals surface area contributed by atoms with Crippen molar-refractivity contribution in [3.8, 4) is 5.75 Å². The van der Waals surface area contributed by atoms with Crippen molar-refractivity contribution in [3.63, 3.8) is 0 Å². The molecule has 2 aromatic rings. The molecule has 3 aliphatic heterocycles. The van der Waals surface area contributed by atoms with E-state index in [9.17, 15) is 26.8 Å². The Labute approximate surface area is 255 Å². The maximum atomic E-state index is 13.0. The lowest BCUT2D eigenvalue weighted by Gasteiger charge is -2.36. The van der Waals surface area contributed by atoms with Crippen LogP contribution in [0.5, 0.6) is 5.75 Å². The molecule has 0 bridgehead atoms. The summed E-state index contributed by atoms with van der Waals surface area (Å²) in [5.74, 6) is -0.274. The first-order valence-corrected chi connectivity index (χ1v) is 16.4. The van der Waals surface area contributed by atoms with E-state index >= 15 is 0 Å². The van der Waals surface area contributed by atoms with Gasteiger partial charge in [0, 0.05) is 63.1 Å². The van der Waals surface area contributed by atoms with Gasteiger partial charge in [0.05, 0.1) is 18.1 Å². The lowest BCUT2D eigenvalue weighted by atomic mass is 10.1. The Hall–Kier alpha value is -3.63. The van der Waals surface area contributed by atoms with Crippen LogP contribution in [-0.4, -0.2) is 110 Å². The molecule has 4 heterocycles. The van der Waals surface area contributed by atoms with Crippen LogP contribution in [0.2, 0.25) is 0 Å². The van der Waals surface area contributed by atoms with E-state index in [2.05, 4.69) is 40.5 Å². The van der Waals surface area contributed by atoms with E-state index in [0.29, 0.717) is 51.7 Å². The number of sulfonamides is 1. The first kappa shape index (κ1) is 31.8. The number of halogens is 2. The molecular weight excluding hydrogens is 598 g/mol. The highest BCUT2D eigenvalue weighted by molar-refractivity contribution is 7.89. The minimum Gasteiger partial charge on any atom is -0.432 e. The molecule has 3 saturated heterocycles. The van der Waals surface area contributed by atoms with Crippen LogP contribution in [0.25, 0.3) is 0 Å². The predicted octanol–water partition coefficient (Wildman–Crippen LogP) is 1.71. The number of aromatic nitrogens is 2. The number of nitrogens with one attached hydrogen (secondary N) is 3. The summed E-state index contributed by atoms with van der Waals surface area (Å²) in [5.41, 5.74) is 1.91. The van der Waals surface area contributed by atoms with Gasteiger partial charge in [0.2, 0.25) is 27.8 Å². The third-order valence-corrected chi connectivity index (χ3v) is 10.1. The summed E-state index contributed by atoms with van der Waals surface area (Å²) >= 11 is 0. The van der Waals surface area contributed by atoms with Crippen LogP contribution in [-0.2, 0) is 19.6 Å². The minimum atomic E-state index is -3.37. The summed E-state index contributed by atoms with van der Waals surface area (Å²) < 4.78 is 56.3. The monoisotopic (exact) mass is 636 g/mol. The van der Waals surface area contributed by atoms with Gasteiger partial charge in [0.1, 0.15) is 6.04 Å². The van der Waals surface area contributed by atoms with Crippen molar-refractivity contribution >= 4 is 39.2 Å². The van der Waals surface area contributed by atoms with Crippen LogP contribution in [0.3, 0.4) is 0 Å².